The summed E-state index contributed by atoms with van der Waals surface area (Å²) in [6.45, 7) is 3.13. The van der Waals surface area contributed by atoms with Crippen LogP contribution in [0.15, 0.2) is 0 Å². The van der Waals surface area contributed by atoms with Crippen molar-refractivity contribution in [3.8, 4) is 6.07 Å². The Morgan fingerprint density at radius 3 is 3.27 bits per heavy atom. The molecule has 80 valence electrons. The lowest BCUT2D eigenvalue weighted by Gasteiger charge is -2.21. The molecule has 1 atom stereocenters. The van der Waals surface area contributed by atoms with Crippen LogP contribution in [0.2, 0.25) is 0 Å². The second-order valence-electron chi connectivity index (χ2n) is 3.76. The maximum atomic E-state index is 8.65. The van der Waals surface area contributed by atoms with Crippen LogP contribution in [0.3, 0.4) is 0 Å². The summed E-state index contributed by atoms with van der Waals surface area (Å²) in [6.07, 6.45) is 3.95. The highest BCUT2D eigenvalue weighted by molar-refractivity contribution is 7.11. The molecule has 0 aliphatic heterocycles. The van der Waals surface area contributed by atoms with Crippen LogP contribution in [-0.4, -0.2) is 11.5 Å². The first-order valence-electron chi connectivity index (χ1n) is 5.44. The molecule has 1 heterocycles. The second-order valence-corrected chi connectivity index (χ2v) is 4.87. The Balaban J connectivity index is 2.23. The van der Waals surface area contributed by atoms with Crippen LogP contribution < -0.4 is 5.32 Å². The third kappa shape index (κ3) is 2.19. The van der Waals surface area contributed by atoms with Crippen LogP contribution in [0.25, 0.3) is 0 Å². The Morgan fingerprint density at radius 2 is 2.53 bits per heavy atom. The van der Waals surface area contributed by atoms with E-state index >= 15 is 0 Å². The monoisotopic (exact) mass is 221 g/mol. The molecular weight excluding hydrogens is 206 g/mol. The predicted molar refractivity (Wildman–Crippen MR) is 60.8 cm³/mol. The van der Waals surface area contributed by atoms with Crippen molar-refractivity contribution in [3.05, 3.63) is 15.6 Å². The number of thiazole rings is 1. The van der Waals surface area contributed by atoms with E-state index in [0.29, 0.717) is 12.5 Å². The zero-order valence-electron chi connectivity index (χ0n) is 8.92. The molecule has 1 aromatic rings. The number of aryl methyl sites for hydroxylation is 1. The van der Waals surface area contributed by atoms with Gasteiger partial charge in [-0.05, 0) is 25.8 Å². The first-order valence-corrected chi connectivity index (χ1v) is 6.25. The summed E-state index contributed by atoms with van der Waals surface area (Å²) < 4.78 is 0. The summed E-state index contributed by atoms with van der Waals surface area (Å²) in [6, 6.07) is 2.64. The number of hydrogen-bond donors (Lipinski definition) is 1. The van der Waals surface area contributed by atoms with Gasteiger partial charge in [-0.25, -0.2) is 4.98 Å². The molecule has 0 saturated heterocycles. The summed E-state index contributed by atoms with van der Waals surface area (Å²) in [5, 5.41) is 13.1. The van der Waals surface area contributed by atoms with Crippen molar-refractivity contribution >= 4 is 11.3 Å². The summed E-state index contributed by atoms with van der Waals surface area (Å²) in [5.41, 5.74) is 1.22. The Labute approximate surface area is 94.1 Å². The number of aromatic nitrogens is 1. The van der Waals surface area contributed by atoms with E-state index in [0.717, 1.165) is 18.0 Å². The van der Waals surface area contributed by atoms with E-state index in [1.54, 1.807) is 11.3 Å². The van der Waals surface area contributed by atoms with E-state index < -0.39 is 0 Å². The second kappa shape index (κ2) is 4.73. The molecule has 4 heteroatoms. The average molecular weight is 221 g/mol. The molecule has 0 saturated carbocycles. The van der Waals surface area contributed by atoms with Gasteiger partial charge >= 0.3 is 0 Å². The Kier molecular flexibility index (Phi) is 3.34. The van der Waals surface area contributed by atoms with E-state index in [-0.39, 0.29) is 0 Å². The fraction of sp³-hybridized carbons (Fsp3) is 0.636. The summed E-state index contributed by atoms with van der Waals surface area (Å²) in [4.78, 5) is 5.90. The molecule has 3 nitrogen and oxygen atoms in total. The lowest BCUT2D eigenvalue weighted by atomic mass is 9.98. The Morgan fingerprint density at radius 1 is 1.67 bits per heavy atom. The number of fused-ring (bicyclic) bond motifs is 1. The largest absolute Gasteiger partial charge is 0.309 e. The van der Waals surface area contributed by atoms with Gasteiger partial charge in [0.2, 0.25) is 0 Å². The van der Waals surface area contributed by atoms with Crippen molar-refractivity contribution in [2.75, 3.05) is 6.54 Å². The fourth-order valence-electron chi connectivity index (χ4n) is 2.05. The van der Waals surface area contributed by atoms with Gasteiger partial charge in [0.1, 0.15) is 5.01 Å². The number of nitrogens with zero attached hydrogens (tertiary/aromatic N) is 2. The van der Waals surface area contributed by atoms with Crippen LogP contribution in [0.1, 0.15) is 41.4 Å². The average Bonchev–Trinajstić information content (AvgIpc) is 2.62. The zero-order chi connectivity index (χ0) is 10.7. The number of hydrogen-bond acceptors (Lipinski definition) is 4. The van der Waals surface area contributed by atoms with Crippen LogP contribution in [-0.2, 0) is 12.8 Å². The van der Waals surface area contributed by atoms with Crippen molar-refractivity contribution in [2.45, 2.75) is 38.6 Å². The highest BCUT2D eigenvalue weighted by Crippen LogP contribution is 2.34. The van der Waals surface area contributed by atoms with E-state index in [2.05, 4.69) is 23.3 Å². The predicted octanol–water partition coefficient (Wildman–Crippen LogP) is 2.20. The molecule has 0 fully saturated rings. The van der Waals surface area contributed by atoms with Gasteiger partial charge in [-0.2, -0.15) is 5.26 Å². The van der Waals surface area contributed by atoms with Crippen LogP contribution in [0, 0.1) is 11.3 Å². The van der Waals surface area contributed by atoms with Gasteiger partial charge in [0.05, 0.1) is 18.2 Å². The summed E-state index contributed by atoms with van der Waals surface area (Å²) >= 11 is 1.71. The highest BCUT2D eigenvalue weighted by Gasteiger charge is 2.23. The van der Waals surface area contributed by atoms with Crippen molar-refractivity contribution in [2.24, 2.45) is 0 Å². The maximum Gasteiger partial charge on any atom is 0.107 e. The van der Waals surface area contributed by atoms with Gasteiger partial charge in [-0.15, -0.1) is 11.3 Å². The van der Waals surface area contributed by atoms with Gasteiger partial charge < -0.3 is 5.32 Å². The molecule has 1 N–H and O–H groups in total. The van der Waals surface area contributed by atoms with E-state index in [1.807, 2.05) is 0 Å². The maximum absolute atomic E-state index is 8.65. The molecule has 2 rings (SSSR count). The standard InChI is InChI=1S/C11H15N3S/c1-2-13-8-4-3-5-9-11(8)15-10(14-9)6-7-12/h8,13H,2-6H2,1H3. The minimum absolute atomic E-state index is 0.455. The molecule has 15 heavy (non-hydrogen) atoms. The number of rotatable bonds is 3. The van der Waals surface area contributed by atoms with Gasteiger partial charge in [-0.3, -0.25) is 0 Å². The fourth-order valence-corrected chi connectivity index (χ4v) is 3.21. The third-order valence-corrected chi connectivity index (χ3v) is 3.89. The molecule has 1 aliphatic carbocycles. The molecule has 0 spiro atoms. The molecule has 0 bridgehead atoms. The molecule has 1 unspecified atom stereocenters. The Bertz CT molecular complexity index is 378. The molecule has 0 radical (unpaired) electrons. The minimum atomic E-state index is 0.455. The third-order valence-electron chi connectivity index (χ3n) is 2.68. The van der Waals surface area contributed by atoms with Crippen molar-refractivity contribution < 1.29 is 0 Å². The molecule has 1 aromatic heterocycles. The number of nitrogens with one attached hydrogen (secondary N) is 1. The van der Waals surface area contributed by atoms with Crippen molar-refractivity contribution in [1.82, 2.24) is 10.3 Å². The summed E-state index contributed by atoms with van der Waals surface area (Å²) in [7, 11) is 0. The summed E-state index contributed by atoms with van der Waals surface area (Å²) in [5.74, 6) is 0. The van der Waals surface area contributed by atoms with Crippen LogP contribution in [0.4, 0.5) is 0 Å². The lowest BCUT2D eigenvalue weighted by molar-refractivity contribution is 0.476. The first kappa shape index (κ1) is 10.6. The normalized spacial score (nSPS) is 19.6. The van der Waals surface area contributed by atoms with Gasteiger partial charge in [0, 0.05) is 10.9 Å². The van der Waals surface area contributed by atoms with Gasteiger partial charge in [-0.1, -0.05) is 6.92 Å². The van der Waals surface area contributed by atoms with Gasteiger partial charge in [0.15, 0.2) is 0 Å². The SMILES string of the molecule is CCNC1CCCc2nc(CC#N)sc21. The zero-order valence-corrected chi connectivity index (χ0v) is 9.73. The minimum Gasteiger partial charge on any atom is -0.309 e. The first-order chi connectivity index (χ1) is 7.35. The van der Waals surface area contributed by atoms with Crippen molar-refractivity contribution in [1.29, 1.82) is 5.26 Å². The van der Waals surface area contributed by atoms with Crippen LogP contribution in [0.5, 0.6) is 0 Å². The molecule has 1 aliphatic rings. The smallest absolute Gasteiger partial charge is 0.107 e. The van der Waals surface area contributed by atoms with E-state index in [9.17, 15) is 0 Å². The Hall–Kier alpha value is -0.920. The van der Waals surface area contributed by atoms with Gasteiger partial charge in [0.25, 0.3) is 0 Å². The topological polar surface area (TPSA) is 48.7 Å². The van der Waals surface area contributed by atoms with E-state index in [4.69, 9.17) is 5.26 Å². The quantitative estimate of drug-likeness (QED) is 0.851. The molecule has 0 aromatic carbocycles. The number of nitriles is 1. The lowest BCUT2D eigenvalue weighted by Crippen LogP contribution is -2.23. The molecular formula is C11H15N3S. The van der Waals surface area contributed by atoms with E-state index in [1.165, 1.54) is 23.4 Å². The highest BCUT2D eigenvalue weighted by atomic mass is 32.1. The van der Waals surface area contributed by atoms with Crippen LogP contribution >= 0.6 is 11.3 Å². The van der Waals surface area contributed by atoms with Crippen molar-refractivity contribution in [3.63, 3.8) is 0 Å². The molecule has 0 amide bonds.